The summed E-state index contributed by atoms with van der Waals surface area (Å²) in [5.41, 5.74) is 8.03. The molecule has 0 aliphatic carbocycles. The van der Waals surface area contributed by atoms with E-state index in [4.69, 9.17) is 22.3 Å². The van der Waals surface area contributed by atoms with Gasteiger partial charge in [0.1, 0.15) is 5.01 Å². The molecule has 2 aromatic rings. The summed E-state index contributed by atoms with van der Waals surface area (Å²) in [6.07, 6.45) is 3.76. The van der Waals surface area contributed by atoms with Crippen molar-refractivity contribution in [2.45, 2.75) is 31.8 Å². The van der Waals surface area contributed by atoms with E-state index in [0.29, 0.717) is 6.04 Å². The summed E-state index contributed by atoms with van der Waals surface area (Å²) in [6.45, 7) is 2.76. The summed E-state index contributed by atoms with van der Waals surface area (Å²) in [5.74, 6) is 0. The molecule has 1 aromatic carbocycles. The summed E-state index contributed by atoms with van der Waals surface area (Å²) in [6, 6.07) is 8.38. The second-order valence-corrected chi connectivity index (χ2v) is 6.74. The molecule has 2 N–H and O–H groups in total. The Balaban J connectivity index is 1.75. The zero-order chi connectivity index (χ0) is 14.7. The molecule has 1 aliphatic rings. The van der Waals surface area contributed by atoms with Gasteiger partial charge >= 0.3 is 0 Å². The third-order valence-corrected chi connectivity index (χ3v) is 5.30. The summed E-state index contributed by atoms with van der Waals surface area (Å²) in [7, 11) is 0. The quantitative estimate of drug-likeness (QED) is 0.932. The summed E-state index contributed by atoms with van der Waals surface area (Å²) < 4.78 is 0. The summed E-state index contributed by atoms with van der Waals surface area (Å²) >= 11 is 7.91. The van der Waals surface area contributed by atoms with Gasteiger partial charge in [0.05, 0.1) is 10.7 Å². The van der Waals surface area contributed by atoms with Crippen LogP contribution in [0, 0.1) is 0 Å². The highest BCUT2D eigenvalue weighted by Gasteiger charge is 2.22. The van der Waals surface area contributed by atoms with Crippen molar-refractivity contribution in [1.29, 1.82) is 0 Å². The number of likely N-dealkylation sites (tertiary alicyclic amines) is 1. The molecule has 0 saturated carbocycles. The molecule has 2 heterocycles. The highest BCUT2D eigenvalue weighted by Crippen LogP contribution is 2.30. The molecule has 0 spiro atoms. The van der Waals surface area contributed by atoms with Crippen LogP contribution in [-0.4, -0.2) is 29.0 Å². The minimum atomic E-state index is 0.504. The van der Waals surface area contributed by atoms with Crippen molar-refractivity contribution in [2.75, 3.05) is 13.1 Å². The summed E-state index contributed by atoms with van der Waals surface area (Å²) in [4.78, 5) is 7.22. The minimum Gasteiger partial charge on any atom is -0.329 e. The van der Waals surface area contributed by atoms with Crippen LogP contribution < -0.4 is 5.73 Å². The van der Waals surface area contributed by atoms with Crippen LogP contribution in [-0.2, 0) is 6.54 Å². The first-order chi connectivity index (χ1) is 10.3. The van der Waals surface area contributed by atoms with Crippen LogP contribution >= 0.6 is 22.9 Å². The first-order valence-corrected chi connectivity index (χ1v) is 8.67. The van der Waals surface area contributed by atoms with Crippen molar-refractivity contribution >= 4 is 22.9 Å². The predicted molar refractivity (Wildman–Crippen MR) is 89.7 cm³/mol. The van der Waals surface area contributed by atoms with Gasteiger partial charge in [0.15, 0.2) is 0 Å². The van der Waals surface area contributed by atoms with E-state index in [2.05, 4.69) is 10.3 Å². The zero-order valence-electron chi connectivity index (χ0n) is 12.0. The number of halogens is 1. The fraction of sp³-hybridized carbons (Fsp3) is 0.438. The molecule has 0 amide bonds. The Morgan fingerprint density at radius 2 is 2.19 bits per heavy atom. The zero-order valence-corrected chi connectivity index (χ0v) is 13.5. The Hall–Kier alpha value is -0.940. The molecule has 0 bridgehead atoms. The van der Waals surface area contributed by atoms with E-state index in [0.717, 1.165) is 40.9 Å². The van der Waals surface area contributed by atoms with Gasteiger partial charge in [0.2, 0.25) is 0 Å². The van der Waals surface area contributed by atoms with Gasteiger partial charge in [-0.15, -0.1) is 11.3 Å². The normalized spacial score (nSPS) is 19.8. The predicted octanol–water partition coefficient (Wildman–Crippen LogP) is 3.78. The topological polar surface area (TPSA) is 42.1 Å². The lowest BCUT2D eigenvalue weighted by Gasteiger charge is -2.34. The molecule has 1 fully saturated rings. The third-order valence-electron chi connectivity index (χ3n) is 4.04. The van der Waals surface area contributed by atoms with E-state index in [-0.39, 0.29) is 0 Å². The van der Waals surface area contributed by atoms with Gasteiger partial charge in [-0.25, -0.2) is 4.98 Å². The maximum Gasteiger partial charge on any atom is 0.125 e. The smallest absolute Gasteiger partial charge is 0.125 e. The first-order valence-electron chi connectivity index (χ1n) is 7.41. The number of piperidine rings is 1. The number of hydrogen-bond donors (Lipinski definition) is 1. The number of rotatable bonds is 4. The Labute approximate surface area is 134 Å². The van der Waals surface area contributed by atoms with Gasteiger partial charge in [-0.2, -0.15) is 0 Å². The fourth-order valence-corrected chi connectivity index (χ4v) is 4.01. The number of nitrogens with two attached hydrogens (primary N) is 1. The van der Waals surface area contributed by atoms with Gasteiger partial charge in [0.25, 0.3) is 0 Å². The summed E-state index contributed by atoms with van der Waals surface area (Å²) in [5, 5.41) is 3.90. The highest BCUT2D eigenvalue weighted by molar-refractivity contribution is 7.13. The van der Waals surface area contributed by atoms with E-state index < -0.39 is 0 Å². The van der Waals surface area contributed by atoms with Crippen LogP contribution in [0.3, 0.4) is 0 Å². The minimum absolute atomic E-state index is 0.504. The molecular weight excluding hydrogens is 302 g/mol. The maximum absolute atomic E-state index is 6.25. The van der Waals surface area contributed by atoms with Crippen molar-refractivity contribution in [2.24, 2.45) is 5.73 Å². The van der Waals surface area contributed by atoms with Crippen molar-refractivity contribution in [1.82, 2.24) is 9.88 Å². The van der Waals surface area contributed by atoms with Crippen LogP contribution in [0.5, 0.6) is 0 Å². The second kappa shape index (κ2) is 6.88. The molecule has 3 nitrogen and oxygen atoms in total. The molecule has 0 radical (unpaired) electrons. The molecule has 1 aromatic heterocycles. The van der Waals surface area contributed by atoms with E-state index in [1.807, 2.05) is 24.3 Å². The highest BCUT2D eigenvalue weighted by atomic mass is 35.5. The third kappa shape index (κ3) is 3.46. The largest absolute Gasteiger partial charge is 0.329 e. The van der Waals surface area contributed by atoms with Crippen molar-refractivity contribution < 1.29 is 0 Å². The Morgan fingerprint density at radius 1 is 1.33 bits per heavy atom. The van der Waals surface area contributed by atoms with Crippen LogP contribution in [0.15, 0.2) is 29.6 Å². The lowest BCUT2D eigenvalue weighted by molar-refractivity contribution is 0.143. The average Bonchev–Trinajstić information content (AvgIpc) is 2.96. The first kappa shape index (κ1) is 15.0. The molecule has 21 heavy (non-hydrogen) atoms. The Bertz CT molecular complexity index is 599. The van der Waals surface area contributed by atoms with Crippen LogP contribution in [0.25, 0.3) is 10.6 Å². The van der Waals surface area contributed by atoms with Gasteiger partial charge in [-0.3, -0.25) is 4.90 Å². The monoisotopic (exact) mass is 321 g/mol. The fourth-order valence-electron chi connectivity index (χ4n) is 2.88. The Morgan fingerprint density at radius 3 is 3.00 bits per heavy atom. The maximum atomic E-state index is 6.25. The second-order valence-electron chi connectivity index (χ2n) is 5.48. The van der Waals surface area contributed by atoms with Crippen LogP contribution in [0.2, 0.25) is 5.02 Å². The van der Waals surface area contributed by atoms with Crippen LogP contribution in [0.4, 0.5) is 0 Å². The van der Waals surface area contributed by atoms with Gasteiger partial charge in [0, 0.05) is 30.1 Å². The SMILES string of the molecule is NCC1CCCCN1Cc1csc(-c2ccccc2Cl)n1. The number of thiazole rings is 1. The molecule has 5 heteroatoms. The van der Waals surface area contributed by atoms with E-state index in [1.165, 1.54) is 19.3 Å². The molecule has 112 valence electrons. The lowest BCUT2D eigenvalue weighted by atomic mass is 10.0. The molecule has 1 unspecified atom stereocenters. The number of nitrogens with zero attached hydrogens (tertiary/aromatic N) is 2. The van der Waals surface area contributed by atoms with E-state index in [1.54, 1.807) is 11.3 Å². The van der Waals surface area contributed by atoms with E-state index in [9.17, 15) is 0 Å². The lowest BCUT2D eigenvalue weighted by Crippen LogP contribution is -2.43. The van der Waals surface area contributed by atoms with E-state index >= 15 is 0 Å². The Kier molecular flexibility index (Phi) is 4.91. The molecule has 1 atom stereocenters. The average molecular weight is 322 g/mol. The number of hydrogen-bond acceptors (Lipinski definition) is 4. The number of aromatic nitrogens is 1. The van der Waals surface area contributed by atoms with Gasteiger partial charge in [-0.1, -0.05) is 36.2 Å². The molecule has 1 saturated heterocycles. The molecule has 1 aliphatic heterocycles. The standard InChI is InChI=1S/C16H20ClN3S/c17-15-7-2-1-6-14(15)16-19-12(11-21-16)10-20-8-4-3-5-13(20)9-18/h1-2,6-7,11,13H,3-5,8-10,18H2. The van der Waals surface area contributed by atoms with Gasteiger partial charge < -0.3 is 5.73 Å². The molecular formula is C16H20ClN3S. The van der Waals surface area contributed by atoms with Crippen molar-refractivity contribution in [3.05, 3.63) is 40.4 Å². The van der Waals surface area contributed by atoms with Crippen molar-refractivity contribution in [3.63, 3.8) is 0 Å². The van der Waals surface area contributed by atoms with Crippen molar-refractivity contribution in [3.8, 4) is 10.6 Å². The number of benzene rings is 1. The van der Waals surface area contributed by atoms with Crippen LogP contribution in [0.1, 0.15) is 25.0 Å². The van der Waals surface area contributed by atoms with Gasteiger partial charge in [-0.05, 0) is 25.5 Å². The molecule has 3 rings (SSSR count).